The van der Waals surface area contributed by atoms with E-state index in [2.05, 4.69) is 5.32 Å². The van der Waals surface area contributed by atoms with E-state index in [1.807, 2.05) is 25.1 Å². The first kappa shape index (κ1) is 21.8. The summed E-state index contributed by atoms with van der Waals surface area (Å²) < 4.78 is 41.2. The lowest BCUT2D eigenvalue weighted by Gasteiger charge is -2.22. The molecular formula is C21H26N2O6S. The zero-order valence-corrected chi connectivity index (χ0v) is 18.2. The number of fused-ring (bicyclic) bond motifs is 1. The second kappa shape index (κ2) is 8.83. The number of benzene rings is 2. The van der Waals surface area contributed by atoms with Gasteiger partial charge in [0.15, 0.2) is 17.6 Å². The molecule has 0 unspecified atom stereocenters. The summed E-state index contributed by atoms with van der Waals surface area (Å²) in [6.45, 7) is 4.56. The second-order valence-corrected chi connectivity index (χ2v) is 9.13. The predicted molar refractivity (Wildman–Crippen MR) is 114 cm³/mol. The van der Waals surface area contributed by atoms with Crippen molar-refractivity contribution in [2.75, 3.05) is 30.8 Å². The van der Waals surface area contributed by atoms with E-state index in [0.29, 0.717) is 36.1 Å². The van der Waals surface area contributed by atoms with Gasteiger partial charge in [-0.3, -0.25) is 9.10 Å². The van der Waals surface area contributed by atoms with Crippen LogP contribution in [0.15, 0.2) is 42.5 Å². The highest BCUT2D eigenvalue weighted by molar-refractivity contribution is 7.92. The molecule has 0 saturated carbocycles. The van der Waals surface area contributed by atoms with Crippen LogP contribution in [0.2, 0.25) is 0 Å². The van der Waals surface area contributed by atoms with Crippen molar-refractivity contribution in [2.24, 2.45) is 0 Å². The van der Waals surface area contributed by atoms with Crippen molar-refractivity contribution in [1.29, 1.82) is 0 Å². The first-order chi connectivity index (χ1) is 14.1. The van der Waals surface area contributed by atoms with Crippen LogP contribution in [0.4, 0.5) is 5.69 Å². The monoisotopic (exact) mass is 434 g/mol. The molecule has 1 heterocycles. The molecule has 0 bridgehead atoms. The topological polar surface area (TPSA) is 94.2 Å². The highest BCUT2D eigenvalue weighted by Crippen LogP contribution is 2.32. The van der Waals surface area contributed by atoms with Gasteiger partial charge in [-0.1, -0.05) is 6.07 Å². The molecule has 0 saturated heterocycles. The molecule has 1 aliphatic heterocycles. The van der Waals surface area contributed by atoms with Gasteiger partial charge in [0.1, 0.15) is 19.0 Å². The fourth-order valence-electron chi connectivity index (χ4n) is 2.93. The third kappa shape index (κ3) is 5.15. The summed E-state index contributed by atoms with van der Waals surface area (Å²) in [7, 11) is -1.87. The number of hydrogen-bond donors (Lipinski definition) is 1. The smallest absolute Gasteiger partial charge is 0.261 e. The Kier molecular flexibility index (Phi) is 6.40. The molecule has 2 aromatic rings. The molecule has 3 rings (SSSR count). The predicted octanol–water partition coefficient (Wildman–Crippen LogP) is 2.50. The molecule has 0 fully saturated rings. The Hall–Kier alpha value is -2.94. The molecule has 1 aliphatic rings. The van der Waals surface area contributed by atoms with E-state index in [9.17, 15) is 13.2 Å². The summed E-state index contributed by atoms with van der Waals surface area (Å²) in [5, 5.41) is 2.92. The molecule has 1 amide bonds. The van der Waals surface area contributed by atoms with Crippen LogP contribution in [0.1, 0.15) is 25.5 Å². The summed E-state index contributed by atoms with van der Waals surface area (Å²) in [4.78, 5) is 12.5. The van der Waals surface area contributed by atoms with Crippen LogP contribution >= 0.6 is 0 Å². The van der Waals surface area contributed by atoms with Gasteiger partial charge < -0.3 is 19.5 Å². The number of sulfonamides is 1. The quantitative estimate of drug-likeness (QED) is 0.720. The van der Waals surface area contributed by atoms with Gasteiger partial charge in [-0.25, -0.2) is 8.42 Å². The zero-order valence-electron chi connectivity index (χ0n) is 17.4. The van der Waals surface area contributed by atoms with E-state index in [1.165, 1.54) is 11.4 Å². The van der Waals surface area contributed by atoms with Gasteiger partial charge in [0, 0.05) is 7.05 Å². The number of rotatable bonds is 7. The number of nitrogens with one attached hydrogen (secondary N) is 1. The third-order valence-corrected chi connectivity index (χ3v) is 6.01. The Balaban J connectivity index is 1.59. The molecule has 162 valence electrons. The zero-order chi connectivity index (χ0) is 21.9. The minimum atomic E-state index is -3.34. The normalized spacial score (nSPS) is 15.1. The average molecular weight is 435 g/mol. The molecule has 1 N–H and O–H groups in total. The highest BCUT2D eigenvalue weighted by atomic mass is 32.2. The first-order valence-corrected chi connectivity index (χ1v) is 11.4. The van der Waals surface area contributed by atoms with Crippen LogP contribution in [0, 0.1) is 0 Å². The van der Waals surface area contributed by atoms with E-state index < -0.39 is 16.1 Å². The fourth-order valence-corrected chi connectivity index (χ4v) is 3.43. The Bertz CT molecular complexity index is 1010. The summed E-state index contributed by atoms with van der Waals surface area (Å²) in [5.41, 5.74) is 1.40. The van der Waals surface area contributed by atoms with Crippen LogP contribution in [0.5, 0.6) is 17.2 Å². The highest BCUT2D eigenvalue weighted by Gasteiger charge is 2.20. The molecule has 30 heavy (non-hydrogen) atoms. The first-order valence-electron chi connectivity index (χ1n) is 9.55. The van der Waals surface area contributed by atoms with Crippen molar-refractivity contribution in [3.8, 4) is 17.2 Å². The van der Waals surface area contributed by atoms with E-state index in [0.717, 1.165) is 11.8 Å². The maximum absolute atomic E-state index is 12.5. The van der Waals surface area contributed by atoms with Gasteiger partial charge in [0.2, 0.25) is 10.0 Å². The average Bonchev–Trinajstić information content (AvgIpc) is 2.72. The summed E-state index contributed by atoms with van der Waals surface area (Å²) in [6.07, 6.45) is 0.398. The summed E-state index contributed by atoms with van der Waals surface area (Å²) in [5.74, 6) is 1.57. The number of carbonyl (C=O) groups excluding carboxylic acids is 1. The van der Waals surface area contributed by atoms with Gasteiger partial charge >= 0.3 is 0 Å². The largest absolute Gasteiger partial charge is 0.486 e. The van der Waals surface area contributed by atoms with Gasteiger partial charge in [0.05, 0.1) is 18.0 Å². The van der Waals surface area contributed by atoms with Crippen LogP contribution in [0.25, 0.3) is 0 Å². The Morgan fingerprint density at radius 3 is 2.33 bits per heavy atom. The Morgan fingerprint density at radius 1 is 1.07 bits per heavy atom. The SMILES string of the molecule is C[C@@H](Oc1ccc(N(C)S(C)(=O)=O)cc1)C(=O)N[C@H](C)c1ccc2c(c1)OCCO2. The van der Waals surface area contributed by atoms with Crippen molar-refractivity contribution < 1.29 is 27.4 Å². The van der Waals surface area contributed by atoms with Crippen molar-refractivity contribution in [1.82, 2.24) is 5.32 Å². The standard InChI is InChI=1S/C21H26N2O6S/c1-14(16-5-10-19-20(13-16)28-12-11-27-19)22-21(24)15(2)29-18-8-6-17(7-9-18)23(3)30(4,25)26/h5-10,13-15H,11-12H2,1-4H3,(H,22,24)/t14-,15-/m1/s1. The summed E-state index contributed by atoms with van der Waals surface area (Å²) >= 11 is 0. The van der Waals surface area contributed by atoms with E-state index >= 15 is 0 Å². The van der Waals surface area contributed by atoms with Crippen LogP contribution < -0.4 is 23.8 Å². The number of ether oxygens (including phenoxy) is 3. The van der Waals surface area contributed by atoms with Crippen LogP contribution in [-0.4, -0.2) is 46.9 Å². The van der Waals surface area contributed by atoms with Gasteiger partial charge in [0.25, 0.3) is 5.91 Å². The molecule has 0 radical (unpaired) electrons. The summed E-state index contributed by atoms with van der Waals surface area (Å²) in [6, 6.07) is 11.9. The number of nitrogens with zero attached hydrogens (tertiary/aromatic N) is 1. The van der Waals surface area contributed by atoms with Crippen molar-refractivity contribution >= 4 is 21.6 Å². The third-order valence-electron chi connectivity index (χ3n) is 4.80. The maximum atomic E-state index is 12.5. The molecule has 2 atom stereocenters. The van der Waals surface area contributed by atoms with Gasteiger partial charge in [-0.15, -0.1) is 0 Å². The van der Waals surface area contributed by atoms with Crippen molar-refractivity contribution in [3.63, 3.8) is 0 Å². The number of carbonyl (C=O) groups is 1. The van der Waals surface area contributed by atoms with Crippen LogP contribution in [-0.2, 0) is 14.8 Å². The molecule has 2 aromatic carbocycles. The minimum absolute atomic E-state index is 0.245. The number of amides is 1. The lowest BCUT2D eigenvalue weighted by Crippen LogP contribution is -2.37. The molecular weight excluding hydrogens is 408 g/mol. The van der Waals surface area contributed by atoms with Crippen molar-refractivity contribution in [2.45, 2.75) is 26.0 Å². The molecule has 8 nitrogen and oxygen atoms in total. The molecule has 9 heteroatoms. The van der Waals surface area contributed by atoms with E-state index in [-0.39, 0.29) is 11.9 Å². The van der Waals surface area contributed by atoms with Crippen LogP contribution in [0.3, 0.4) is 0 Å². The second-order valence-electron chi connectivity index (χ2n) is 7.12. The Morgan fingerprint density at radius 2 is 1.70 bits per heavy atom. The Labute approximate surface area is 176 Å². The van der Waals surface area contributed by atoms with E-state index in [1.54, 1.807) is 31.2 Å². The van der Waals surface area contributed by atoms with Gasteiger partial charge in [-0.05, 0) is 55.8 Å². The minimum Gasteiger partial charge on any atom is -0.486 e. The molecule has 0 aliphatic carbocycles. The molecule has 0 spiro atoms. The fraction of sp³-hybridized carbons (Fsp3) is 0.381. The lowest BCUT2D eigenvalue weighted by atomic mass is 10.1. The van der Waals surface area contributed by atoms with Crippen molar-refractivity contribution in [3.05, 3.63) is 48.0 Å². The van der Waals surface area contributed by atoms with E-state index in [4.69, 9.17) is 14.2 Å². The number of hydrogen-bond acceptors (Lipinski definition) is 6. The molecule has 0 aromatic heterocycles. The van der Waals surface area contributed by atoms with Gasteiger partial charge in [-0.2, -0.15) is 0 Å². The maximum Gasteiger partial charge on any atom is 0.261 e. The lowest BCUT2D eigenvalue weighted by molar-refractivity contribution is -0.127. The number of anilines is 1.